The maximum absolute atomic E-state index is 12.2. The van der Waals surface area contributed by atoms with Crippen molar-refractivity contribution in [3.05, 3.63) is 39.8 Å². The molecule has 0 saturated carbocycles. The van der Waals surface area contributed by atoms with Gasteiger partial charge < -0.3 is 10.1 Å². The summed E-state index contributed by atoms with van der Waals surface area (Å²) >= 11 is 1.41. The molecule has 1 amide bonds. The predicted octanol–water partition coefficient (Wildman–Crippen LogP) is 4.58. The van der Waals surface area contributed by atoms with Gasteiger partial charge >= 0.3 is 0 Å². The van der Waals surface area contributed by atoms with Gasteiger partial charge in [0.25, 0.3) is 5.91 Å². The van der Waals surface area contributed by atoms with Gasteiger partial charge in [0, 0.05) is 5.69 Å². The fraction of sp³-hybridized carbons (Fsp3) is 0.412. The standard InChI is InChI=1S/C17H22N2O2S/c1-4-5-6-11-21-15-9-7-14(8-10-15)19-17(20)16-12(2)18-13(3)22-16/h7-10H,4-6,11H2,1-3H3,(H,19,20). The molecule has 1 aromatic carbocycles. The summed E-state index contributed by atoms with van der Waals surface area (Å²) < 4.78 is 5.65. The minimum atomic E-state index is -0.111. The molecule has 2 rings (SSSR count). The quantitative estimate of drug-likeness (QED) is 0.760. The Balaban J connectivity index is 1.91. The molecular weight excluding hydrogens is 296 g/mol. The Kier molecular flexibility index (Phi) is 5.95. The summed E-state index contributed by atoms with van der Waals surface area (Å²) in [5, 5.41) is 3.79. The summed E-state index contributed by atoms with van der Waals surface area (Å²) in [5.41, 5.74) is 1.53. The Morgan fingerprint density at radius 1 is 1.23 bits per heavy atom. The van der Waals surface area contributed by atoms with Crippen LogP contribution in [-0.4, -0.2) is 17.5 Å². The normalized spacial score (nSPS) is 10.5. The number of aryl methyl sites for hydroxylation is 2. The lowest BCUT2D eigenvalue weighted by molar-refractivity contribution is 0.103. The minimum Gasteiger partial charge on any atom is -0.494 e. The van der Waals surface area contributed by atoms with Gasteiger partial charge in [-0.1, -0.05) is 19.8 Å². The van der Waals surface area contributed by atoms with Crippen molar-refractivity contribution in [1.29, 1.82) is 0 Å². The lowest BCUT2D eigenvalue weighted by atomic mass is 10.2. The van der Waals surface area contributed by atoms with Crippen LogP contribution in [0, 0.1) is 13.8 Å². The summed E-state index contributed by atoms with van der Waals surface area (Å²) in [6, 6.07) is 7.48. The van der Waals surface area contributed by atoms with E-state index < -0.39 is 0 Å². The number of nitrogens with zero attached hydrogens (tertiary/aromatic N) is 1. The van der Waals surface area contributed by atoms with Crippen LogP contribution in [0.25, 0.3) is 0 Å². The Morgan fingerprint density at radius 3 is 2.55 bits per heavy atom. The third-order valence-electron chi connectivity index (χ3n) is 3.24. The van der Waals surface area contributed by atoms with Crippen LogP contribution in [0.1, 0.15) is 46.6 Å². The molecule has 0 saturated heterocycles. The van der Waals surface area contributed by atoms with Crippen LogP contribution in [-0.2, 0) is 0 Å². The number of ether oxygens (including phenoxy) is 1. The number of rotatable bonds is 7. The van der Waals surface area contributed by atoms with Crippen LogP contribution in [0.5, 0.6) is 5.75 Å². The third-order valence-corrected chi connectivity index (χ3v) is 4.31. The average molecular weight is 318 g/mol. The second-order valence-corrected chi connectivity index (χ2v) is 6.38. The number of carbonyl (C=O) groups is 1. The zero-order chi connectivity index (χ0) is 15.9. The summed E-state index contributed by atoms with van der Waals surface area (Å²) in [5.74, 6) is 0.721. The SMILES string of the molecule is CCCCCOc1ccc(NC(=O)c2sc(C)nc2C)cc1. The largest absolute Gasteiger partial charge is 0.494 e. The van der Waals surface area contributed by atoms with Crippen molar-refractivity contribution >= 4 is 22.9 Å². The van der Waals surface area contributed by atoms with Crippen LogP contribution in [0.4, 0.5) is 5.69 Å². The maximum Gasteiger partial charge on any atom is 0.267 e. The predicted molar refractivity (Wildman–Crippen MR) is 91.0 cm³/mol. The Bertz CT molecular complexity index is 620. The van der Waals surface area contributed by atoms with Crippen molar-refractivity contribution in [3.8, 4) is 5.75 Å². The van der Waals surface area contributed by atoms with E-state index in [1.807, 2.05) is 38.1 Å². The molecule has 4 nitrogen and oxygen atoms in total. The average Bonchev–Trinajstić information content (AvgIpc) is 2.84. The van der Waals surface area contributed by atoms with Gasteiger partial charge in [-0.2, -0.15) is 0 Å². The lowest BCUT2D eigenvalue weighted by Crippen LogP contribution is -2.11. The molecule has 0 aliphatic rings. The van der Waals surface area contributed by atoms with E-state index in [-0.39, 0.29) is 5.91 Å². The first kappa shape index (κ1) is 16.5. The van der Waals surface area contributed by atoms with Crippen molar-refractivity contribution in [3.63, 3.8) is 0 Å². The number of aromatic nitrogens is 1. The first-order valence-corrected chi connectivity index (χ1v) is 8.40. The zero-order valence-electron chi connectivity index (χ0n) is 13.3. The molecule has 1 aromatic heterocycles. The van der Waals surface area contributed by atoms with Crippen LogP contribution in [0.15, 0.2) is 24.3 Å². The Hall–Kier alpha value is -1.88. The van der Waals surface area contributed by atoms with E-state index >= 15 is 0 Å². The first-order valence-electron chi connectivity index (χ1n) is 7.58. The highest BCUT2D eigenvalue weighted by atomic mass is 32.1. The van der Waals surface area contributed by atoms with Crippen molar-refractivity contribution in [2.24, 2.45) is 0 Å². The molecular formula is C17H22N2O2S. The van der Waals surface area contributed by atoms with Gasteiger partial charge in [-0.15, -0.1) is 11.3 Å². The van der Waals surface area contributed by atoms with Gasteiger partial charge in [0.15, 0.2) is 0 Å². The fourth-order valence-electron chi connectivity index (χ4n) is 2.11. The summed E-state index contributed by atoms with van der Waals surface area (Å²) in [6.07, 6.45) is 3.44. The van der Waals surface area contributed by atoms with Gasteiger partial charge in [0.2, 0.25) is 0 Å². The zero-order valence-corrected chi connectivity index (χ0v) is 14.1. The molecule has 1 heterocycles. The molecule has 0 atom stereocenters. The van der Waals surface area contributed by atoms with Crippen LogP contribution in [0.2, 0.25) is 0 Å². The molecule has 0 radical (unpaired) electrons. The van der Waals surface area contributed by atoms with E-state index in [9.17, 15) is 4.79 Å². The number of unbranched alkanes of at least 4 members (excludes halogenated alkanes) is 2. The second kappa shape index (κ2) is 7.94. The van der Waals surface area contributed by atoms with Crippen molar-refractivity contribution in [2.45, 2.75) is 40.0 Å². The highest BCUT2D eigenvalue weighted by Crippen LogP contribution is 2.20. The summed E-state index contributed by atoms with van der Waals surface area (Å²) in [7, 11) is 0. The lowest BCUT2D eigenvalue weighted by Gasteiger charge is -2.08. The number of hydrogen-bond acceptors (Lipinski definition) is 4. The van der Waals surface area contributed by atoms with Crippen molar-refractivity contribution in [1.82, 2.24) is 4.98 Å². The molecule has 0 fully saturated rings. The highest BCUT2D eigenvalue weighted by molar-refractivity contribution is 7.13. The molecule has 0 unspecified atom stereocenters. The van der Waals surface area contributed by atoms with Gasteiger partial charge in [0.1, 0.15) is 10.6 Å². The number of hydrogen-bond donors (Lipinski definition) is 1. The molecule has 0 aliphatic carbocycles. The van der Waals surface area contributed by atoms with Gasteiger partial charge in [-0.3, -0.25) is 4.79 Å². The van der Waals surface area contributed by atoms with Crippen LogP contribution >= 0.6 is 11.3 Å². The Labute approximate surface area is 135 Å². The third kappa shape index (κ3) is 4.56. The van der Waals surface area contributed by atoms with E-state index in [0.717, 1.165) is 35.2 Å². The number of anilines is 1. The number of benzene rings is 1. The summed E-state index contributed by atoms with van der Waals surface area (Å²) in [4.78, 5) is 17.1. The monoisotopic (exact) mass is 318 g/mol. The maximum atomic E-state index is 12.2. The van der Waals surface area contributed by atoms with Crippen molar-refractivity contribution in [2.75, 3.05) is 11.9 Å². The van der Waals surface area contributed by atoms with Crippen LogP contribution < -0.4 is 10.1 Å². The molecule has 1 N–H and O–H groups in total. The van der Waals surface area contributed by atoms with Gasteiger partial charge in [0.05, 0.1) is 17.3 Å². The van der Waals surface area contributed by atoms with Crippen LogP contribution in [0.3, 0.4) is 0 Å². The molecule has 0 spiro atoms. The van der Waals surface area contributed by atoms with E-state index in [1.165, 1.54) is 24.2 Å². The topological polar surface area (TPSA) is 51.2 Å². The molecule has 0 bridgehead atoms. The molecule has 118 valence electrons. The molecule has 5 heteroatoms. The number of thiazole rings is 1. The first-order chi connectivity index (χ1) is 10.6. The molecule has 2 aromatic rings. The summed E-state index contributed by atoms with van der Waals surface area (Å²) in [6.45, 7) is 6.66. The minimum absolute atomic E-state index is 0.111. The molecule has 0 aliphatic heterocycles. The van der Waals surface area contributed by atoms with Gasteiger partial charge in [-0.05, 0) is 44.5 Å². The number of nitrogens with one attached hydrogen (secondary N) is 1. The van der Waals surface area contributed by atoms with E-state index in [4.69, 9.17) is 4.74 Å². The van der Waals surface area contributed by atoms with E-state index in [0.29, 0.717) is 4.88 Å². The fourth-order valence-corrected chi connectivity index (χ4v) is 2.92. The second-order valence-electron chi connectivity index (χ2n) is 5.18. The number of amides is 1. The Morgan fingerprint density at radius 2 is 1.95 bits per heavy atom. The van der Waals surface area contributed by atoms with E-state index in [2.05, 4.69) is 17.2 Å². The number of carbonyl (C=O) groups excluding carboxylic acids is 1. The highest BCUT2D eigenvalue weighted by Gasteiger charge is 2.13. The van der Waals surface area contributed by atoms with Gasteiger partial charge in [-0.25, -0.2) is 4.98 Å². The molecule has 22 heavy (non-hydrogen) atoms. The van der Waals surface area contributed by atoms with E-state index in [1.54, 1.807) is 0 Å². The van der Waals surface area contributed by atoms with Crippen molar-refractivity contribution < 1.29 is 9.53 Å². The smallest absolute Gasteiger partial charge is 0.267 e.